The standard InChI is InChI=1S/C22H25NO3/c1-14-12-15(2)20(16(3)13-14)18-10-11-19(22(25)26-4)23(18)21(24)17-8-6-5-7-9-17/h5-9,12-13,18-19H,10-11H2,1-4H3. The summed E-state index contributed by atoms with van der Waals surface area (Å²) in [7, 11) is 1.38. The third kappa shape index (κ3) is 3.24. The highest BCUT2D eigenvalue weighted by Gasteiger charge is 2.43. The Kier molecular flexibility index (Phi) is 5.12. The third-order valence-corrected chi connectivity index (χ3v) is 5.18. The summed E-state index contributed by atoms with van der Waals surface area (Å²) in [5.41, 5.74) is 5.25. The number of amides is 1. The molecule has 3 rings (SSSR count). The highest BCUT2D eigenvalue weighted by atomic mass is 16.5. The predicted molar refractivity (Wildman–Crippen MR) is 101 cm³/mol. The molecule has 2 aromatic rings. The number of hydrogen-bond donors (Lipinski definition) is 0. The molecule has 1 aliphatic rings. The van der Waals surface area contributed by atoms with Gasteiger partial charge in [0.1, 0.15) is 6.04 Å². The second-order valence-corrected chi connectivity index (χ2v) is 7.02. The van der Waals surface area contributed by atoms with Crippen LogP contribution in [-0.2, 0) is 9.53 Å². The van der Waals surface area contributed by atoms with Crippen molar-refractivity contribution in [2.75, 3.05) is 7.11 Å². The topological polar surface area (TPSA) is 46.6 Å². The van der Waals surface area contributed by atoms with Gasteiger partial charge in [-0.3, -0.25) is 4.79 Å². The Morgan fingerprint density at radius 1 is 1.00 bits per heavy atom. The number of rotatable bonds is 3. The fraction of sp³-hybridized carbons (Fsp3) is 0.364. The minimum Gasteiger partial charge on any atom is -0.467 e. The molecular formula is C22H25NO3. The van der Waals surface area contributed by atoms with E-state index in [0.29, 0.717) is 12.0 Å². The van der Waals surface area contributed by atoms with Crippen LogP contribution in [0.1, 0.15) is 51.5 Å². The van der Waals surface area contributed by atoms with Gasteiger partial charge in [-0.2, -0.15) is 0 Å². The van der Waals surface area contributed by atoms with Crippen molar-refractivity contribution in [3.63, 3.8) is 0 Å². The summed E-state index contributed by atoms with van der Waals surface area (Å²) in [6, 6.07) is 12.8. The summed E-state index contributed by atoms with van der Waals surface area (Å²) >= 11 is 0. The zero-order valence-electron chi connectivity index (χ0n) is 15.8. The first kappa shape index (κ1) is 18.2. The molecule has 0 aliphatic carbocycles. The van der Waals surface area contributed by atoms with Gasteiger partial charge in [-0.25, -0.2) is 4.79 Å². The molecule has 0 spiro atoms. The summed E-state index contributed by atoms with van der Waals surface area (Å²) < 4.78 is 4.98. The zero-order chi connectivity index (χ0) is 18.8. The van der Waals surface area contributed by atoms with Crippen LogP contribution in [0.15, 0.2) is 42.5 Å². The quantitative estimate of drug-likeness (QED) is 0.781. The number of hydrogen-bond acceptors (Lipinski definition) is 3. The van der Waals surface area contributed by atoms with Crippen LogP contribution in [0.25, 0.3) is 0 Å². The minimum atomic E-state index is -0.544. The van der Waals surface area contributed by atoms with Crippen molar-refractivity contribution in [2.24, 2.45) is 0 Å². The van der Waals surface area contributed by atoms with Crippen molar-refractivity contribution in [1.29, 1.82) is 0 Å². The molecule has 0 N–H and O–H groups in total. The lowest BCUT2D eigenvalue weighted by molar-refractivity contribution is -0.145. The van der Waals surface area contributed by atoms with E-state index in [-0.39, 0.29) is 17.9 Å². The zero-order valence-corrected chi connectivity index (χ0v) is 15.8. The first-order valence-electron chi connectivity index (χ1n) is 8.97. The van der Waals surface area contributed by atoms with E-state index in [2.05, 4.69) is 32.9 Å². The van der Waals surface area contributed by atoms with E-state index >= 15 is 0 Å². The van der Waals surface area contributed by atoms with Gasteiger partial charge in [-0.15, -0.1) is 0 Å². The van der Waals surface area contributed by atoms with Gasteiger partial charge in [0.25, 0.3) is 5.91 Å². The molecule has 1 amide bonds. The highest BCUT2D eigenvalue weighted by Crippen LogP contribution is 2.40. The molecule has 2 atom stereocenters. The first-order valence-corrected chi connectivity index (χ1v) is 8.97. The number of esters is 1. The Balaban J connectivity index is 2.07. The Morgan fingerprint density at radius 3 is 2.19 bits per heavy atom. The molecule has 1 aliphatic heterocycles. The van der Waals surface area contributed by atoms with E-state index < -0.39 is 6.04 Å². The fourth-order valence-corrected chi connectivity index (χ4v) is 4.19. The summed E-state index contributed by atoms with van der Waals surface area (Å²) in [5.74, 6) is -0.470. The third-order valence-electron chi connectivity index (χ3n) is 5.18. The van der Waals surface area contributed by atoms with E-state index in [1.54, 1.807) is 17.0 Å². The monoisotopic (exact) mass is 351 g/mol. The lowest BCUT2D eigenvalue weighted by atomic mass is 9.92. The maximum Gasteiger partial charge on any atom is 0.328 e. The van der Waals surface area contributed by atoms with Crippen LogP contribution < -0.4 is 0 Å². The summed E-state index contributed by atoms with van der Waals surface area (Å²) in [6.07, 6.45) is 1.37. The molecule has 1 fully saturated rings. The first-order chi connectivity index (χ1) is 12.4. The van der Waals surface area contributed by atoms with Crippen molar-refractivity contribution < 1.29 is 14.3 Å². The molecule has 0 aromatic heterocycles. The van der Waals surface area contributed by atoms with Crippen LogP contribution in [-0.4, -0.2) is 29.9 Å². The Morgan fingerprint density at radius 2 is 1.62 bits per heavy atom. The molecule has 4 nitrogen and oxygen atoms in total. The number of carbonyl (C=O) groups excluding carboxylic acids is 2. The largest absolute Gasteiger partial charge is 0.467 e. The Labute approximate surface area is 154 Å². The van der Waals surface area contributed by atoms with E-state index in [0.717, 1.165) is 23.1 Å². The Bertz CT molecular complexity index is 806. The molecular weight excluding hydrogens is 326 g/mol. The average Bonchev–Trinajstić information content (AvgIpc) is 3.04. The predicted octanol–water partition coefficient (Wildman–Crippen LogP) is 4.13. The molecule has 2 unspecified atom stereocenters. The molecule has 4 heteroatoms. The van der Waals surface area contributed by atoms with E-state index in [1.165, 1.54) is 12.7 Å². The van der Waals surface area contributed by atoms with Gasteiger partial charge in [0.05, 0.1) is 13.2 Å². The lowest BCUT2D eigenvalue weighted by Crippen LogP contribution is -2.42. The molecule has 1 saturated heterocycles. The number of ether oxygens (including phenoxy) is 1. The SMILES string of the molecule is COC(=O)C1CCC(c2c(C)cc(C)cc2C)N1C(=O)c1ccccc1. The molecule has 0 bridgehead atoms. The van der Waals surface area contributed by atoms with Crippen LogP contribution >= 0.6 is 0 Å². The molecule has 2 aromatic carbocycles. The van der Waals surface area contributed by atoms with E-state index in [1.807, 2.05) is 18.2 Å². The van der Waals surface area contributed by atoms with Gasteiger partial charge in [-0.05, 0) is 62.4 Å². The minimum absolute atomic E-state index is 0.118. The van der Waals surface area contributed by atoms with Crippen LogP contribution in [0, 0.1) is 20.8 Å². The maximum absolute atomic E-state index is 13.3. The van der Waals surface area contributed by atoms with Gasteiger partial charge in [-0.1, -0.05) is 35.9 Å². The lowest BCUT2D eigenvalue weighted by Gasteiger charge is -2.31. The van der Waals surface area contributed by atoms with Crippen LogP contribution in [0.5, 0.6) is 0 Å². The number of carbonyl (C=O) groups is 2. The van der Waals surface area contributed by atoms with Crippen LogP contribution in [0.4, 0.5) is 0 Å². The fourth-order valence-electron chi connectivity index (χ4n) is 4.19. The number of benzene rings is 2. The molecule has 0 radical (unpaired) electrons. The molecule has 26 heavy (non-hydrogen) atoms. The van der Waals surface area contributed by atoms with Gasteiger partial charge in [0, 0.05) is 5.56 Å². The van der Waals surface area contributed by atoms with Crippen molar-refractivity contribution >= 4 is 11.9 Å². The molecule has 136 valence electrons. The van der Waals surface area contributed by atoms with Crippen molar-refractivity contribution in [1.82, 2.24) is 4.90 Å². The summed E-state index contributed by atoms with van der Waals surface area (Å²) in [4.78, 5) is 27.3. The van der Waals surface area contributed by atoms with Crippen LogP contribution in [0.2, 0.25) is 0 Å². The number of aryl methyl sites for hydroxylation is 3. The number of likely N-dealkylation sites (tertiary alicyclic amines) is 1. The van der Waals surface area contributed by atoms with E-state index in [9.17, 15) is 9.59 Å². The number of methoxy groups -OCH3 is 1. The molecule has 1 heterocycles. The summed E-state index contributed by atoms with van der Waals surface area (Å²) in [5, 5.41) is 0. The highest BCUT2D eigenvalue weighted by molar-refractivity contribution is 5.97. The van der Waals surface area contributed by atoms with Crippen molar-refractivity contribution in [3.05, 3.63) is 70.3 Å². The second-order valence-electron chi connectivity index (χ2n) is 7.02. The smallest absolute Gasteiger partial charge is 0.328 e. The number of nitrogens with zero attached hydrogens (tertiary/aromatic N) is 1. The second kappa shape index (κ2) is 7.32. The van der Waals surface area contributed by atoms with E-state index in [4.69, 9.17) is 4.74 Å². The van der Waals surface area contributed by atoms with Gasteiger partial charge in [0.2, 0.25) is 0 Å². The van der Waals surface area contributed by atoms with Crippen molar-refractivity contribution in [3.8, 4) is 0 Å². The van der Waals surface area contributed by atoms with Crippen LogP contribution in [0.3, 0.4) is 0 Å². The van der Waals surface area contributed by atoms with Crippen molar-refractivity contribution in [2.45, 2.75) is 45.7 Å². The average molecular weight is 351 g/mol. The van der Waals surface area contributed by atoms with Gasteiger partial charge >= 0.3 is 5.97 Å². The Hall–Kier alpha value is -2.62. The molecule has 0 saturated carbocycles. The normalized spacial score (nSPS) is 19.5. The van der Waals surface area contributed by atoms with Gasteiger partial charge < -0.3 is 9.64 Å². The summed E-state index contributed by atoms with van der Waals surface area (Å²) in [6.45, 7) is 6.22. The maximum atomic E-state index is 13.3. The van der Waals surface area contributed by atoms with Gasteiger partial charge in [0.15, 0.2) is 0 Å².